The molecular weight excluding hydrogens is 290 g/mol. The third-order valence-electron chi connectivity index (χ3n) is 3.14. The number of sulfonamides is 1. The summed E-state index contributed by atoms with van der Waals surface area (Å²) in [6.07, 6.45) is 0. The second kappa shape index (κ2) is 6.26. The molecule has 1 aromatic rings. The summed E-state index contributed by atoms with van der Waals surface area (Å²) in [6, 6.07) is 4.98. The van der Waals surface area contributed by atoms with Gasteiger partial charge in [0.15, 0.2) is 0 Å². The van der Waals surface area contributed by atoms with E-state index < -0.39 is 10.0 Å². The molecule has 0 saturated carbocycles. The van der Waals surface area contributed by atoms with Gasteiger partial charge in [0.25, 0.3) is 0 Å². The number of aryl methyl sites for hydroxylation is 1. The molecule has 7 heteroatoms. The van der Waals surface area contributed by atoms with Gasteiger partial charge in [-0.15, -0.1) is 0 Å². The normalized spacial score (nSPS) is 16.0. The highest BCUT2D eigenvalue weighted by Gasteiger charge is 2.30. The number of amides is 1. The number of nitrogens with two attached hydrogens (primary N) is 1. The molecule has 112 valence electrons. The van der Waals surface area contributed by atoms with Crippen LogP contribution in [0.5, 0.6) is 0 Å². The Balaban J connectivity index is 2.41. The van der Waals surface area contributed by atoms with Gasteiger partial charge in [-0.2, -0.15) is 4.31 Å². The number of hydrogen-bond donors (Lipinski definition) is 2. The Morgan fingerprint density at radius 3 is 2.86 bits per heavy atom. The molecule has 0 aromatic heterocycles. The van der Waals surface area contributed by atoms with Crippen molar-refractivity contribution in [1.29, 1.82) is 0 Å². The molecule has 21 heavy (non-hydrogen) atoms. The summed E-state index contributed by atoms with van der Waals surface area (Å²) in [5.41, 5.74) is 6.53. The maximum absolute atomic E-state index is 12.7. The molecule has 1 aliphatic rings. The summed E-state index contributed by atoms with van der Waals surface area (Å²) in [5.74, 6) is 5.22. The second-order valence-electron chi connectivity index (χ2n) is 4.67. The van der Waals surface area contributed by atoms with Gasteiger partial charge in [-0.05, 0) is 24.6 Å². The molecule has 1 saturated heterocycles. The maximum Gasteiger partial charge on any atom is 0.243 e. The summed E-state index contributed by atoms with van der Waals surface area (Å²) >= 11 is 0. The largest absolute Gasteiger partial charge is 0.354 e. The highest BCUT2D eigenvalue weighted by Crippen LogP contribution is 2.21. The number of carbonyl (C=O) groups excluding carboxylic acids is 1. The lowest BCUT2D eigenvalue weighted by Gasteiger charge is -2.26. The van der Waals surface area contributed by atoms with Crippen LogP contribution in [0.15, 0.2) is 23.1 Å². The van der Waals surface area contributed by atoms with Crippen LogP contribution in [-0.4, -0.2) is 44.8 Å². The quantitative estimate of drug-likeness (QED) is 0.715. The van der Waals surface area contributed by atoms with E-state index in [9.17, 15) is 13.2 Å². The van der Waals surface area contributed by atoms with Gasteiger partial charge >= 0.3 is 0 Å². The molecule has 0 radical (unpaired) electrons. The smallest absolute Gasteiger partial charge is 0.243 e. The van der Waals surface area contributed by atoms with E-state index in [1.54, 1.807) is 19.1 Å². The summed E-state index contributed by atoms with van der Waals surface area (Å²) in [5, 5.41) is 2.61. The summed E-state index contributed by atoms with van der Waals surface area (Å²) in [4.78, 5) is 11.6. The fraction of sp³-hybridized carbons (Fsp3) is 0.357. The van der Waals surface area contributed by atoms with E-state index in [4.69, 9.17) is 5.73 Å². The van der Waals surface area contributed by atoms with Crippen LogP contribution in [0.4, 0.5) is 0 Å². The van der Waals surface area contributed by atoms with Crippen molar-refractivity contribution in [1.82, 2.24) is 9.62 Å². The minimum Gasteiger partial charge on any atom is -0.354 e. The van der Waals surface area contributed by atoms with E-state index in [0.29, 0.717) is 17.7 Å². The molecule has 2 rings (SSSR count). The highest BCUT2D eigenvalue weighted by atomic mass is 32.2. The molecule has 0 bridgehead atoms. The SMILES string of the molecule is Cc1ccc(C#CCN)cc1S(=O)(=O)N1CCNC(=O)C1. The number of hydrogen-bond acceptors (Lipinski definition) is 4. The van der Waals surface area contributed by atoms with Crippen LogP contribution in [0.1, 0.15) is 11.1 Å². The van der Waals surface area contributed by atoms with E-state index in [2.05, 4.69) is 17.2 Å². The fourth-order valence-corrected chi connectivity index (χ4v) is 3.72. The second-order valence-corrected chi connectivity index (χ2v) is 6.58. The standard InChI is InChI=1S/C14H17N3O3S/c1-11-4-5-12(3-2-6-15)9-13(11)21(19,20)17-8-7-16-14(18)10-17/h4-5,9H,6-8,10,15H2,1H3,(H,16,18). The van der Waals surface area contributed by atoms with Gasteiger partial charge < -0.3 is 11.1 Å². The third-order valence-corrected chi connectivity index (χ3v) is 5.13. The van der Waals surface area contributed by atoms with E-state index in [-0.39, 0.29) is 30.4 Å². The molecule has 0 aliphatic carbocycles. The van der Waals surface area contributed by atoms with Gasteiger partial charge in [-0.25, -0.2) is 8.42 Å². The van der Waals surface area contributed by atoms with Crippen molar-refractivity contribution in [2.75, 3.05) is 26.2 Å². The molecule has 1 fully saturated rings. The summed E-state index contributed by atoms with van der Waals surface area (Å²) in [7, 11) is -3.70. The van der Waals surface area contributed by atoms with E-state index in [1.807, 2.05) is 0 Å². The molecule has 1 heterocycles. The van der Waals surface area contributed by atoms with E-state index in [1.165, 1.54) is 10.4 Å². The maximum atomic E-state index is 12.7. The number of carbonyl (C=O) groups is 1. The monoisotopic (exact) mass is 307 g/mol. The number of nitrogens with one attached hydrogen (secondary N) is 1. The van der Waals surface area contributed by atoms with Crippen molar-refractivity contribution in [2.45, 2.75) is 11.8 Å². The van der Waals surface area contributed by atoms with Gasteiger partial charge in [0, 0.05) is 18.7 Å². The Hall–Kier alpha value is -1.88. The highest BCUT2D eigenvalue weighted by molar-refractivity contribution is 7.89. The number of nitrogens with zero attached hydrogens (tertiary/aromatic N) is 1. The summed E-state index contributed by atoms with van der Waals surface area (Å²) in [6.45, 7) is 2.37. The minimum absolute atomic E-state index is 0.152. The number of benzene rings is 1. The molecule has 1 amide bonds. The lowest BCUT2D eigenvalue weighted by atomic mass is 10.1. The van der Waals surface area contributed by atoms with Crippen molar-refractivity contribution >= 4 is 15.9 Å². The van der Waals surface area contributed by atoms with Crippen LogP contribution in [0, 0.1) is 18.8 Å². The zero-order valence-electron chi connectivity index (χ0n) is 11.7. The molecule has 0 spiro atoms. The lowest BCUT2D eigenvalue weighted by Crippen LogP contribution is -2.49. The van der Waals surface area contributed by atoms with Gasteiger partial charge in [0.2, 0.25) is 15.9 Å². The van der Waals surface area contributed by atoms with Crippen molar-refractivity contribution in [3.8, 4) is 11.8 Å². The van der Waals surface area contributed by atoms with Crippen molar-refractivity contribution < 1.29 is 13.2 Å². The predicted molar refractivity (Wildman–Crippen MR) is 78.9 cm³/mol. The van der Waals surface area contributed by atoms with E-state index in [0.717, 1.165) is 0 Å². The number of piperazine rings is 1. The molecule has 0 unspecified atom stereocenters. The van der Waals surface area contributed by atoms with Crippen LogP contribution < -0.4 is 11.1 Å². The van der Waals surface area contributed by atoms with Crippen molar-refractivity contribution in [3.05, 3.63) is 29.3 Å². The Kier molecular flexibility index (Phi) is 4.63. The van der Waals surface area contributed by atoms with Gasteiger partial charge in [-0.3, -0.25) is 4.79 Å². The van der Waals surface area contributed by atoms with Crippen molar-refractivity contribution in [2.24, 2.45) is 5.73 Å². The van der Waals surface area contributed by atoms with Crippen LogP contribution in [0.3, 0.4) is 0 Å². The van der Waals surface area contributed by atoms with Crippen LogP contribution >= 0.6 is 0 Å². The van der Waals surface area contributed by atoms with Gasteiger partial charge in [0.05, 0.1) is 18.0 Å². The molecule has 3 N–H and O–H groups in total. The average molecular weight is 307 g/mol. The molecular formula is C14H17N3O3S. The first-order valence-electron chi connectivity index (χ1n) is 6.51. The molecule has 1 aliphatic heterocycles. The average Bonchev–Trinajstić information content (AvgIpc) is 2.46. The topological polar surface area (TPSA) is 92.5 Å². The van der Waals surface area contributed by atoms with Gasteiger partial charge in [-0.1, -0.05) is 17.9 Å². The Bertz CT molecular complexity index is 717. The Labute approximate surface area is 124 Å². The van der Waals surface area contributed by atoms with Gasteiger partial charge in [0.1, 0.15) is 0 Å². The predicted octanol–water partition coefficient (Wildman–Crippen LogP) is -0.574. The molecule has 1 aromatic carbocycles. The van der Waals surface area contributed by atoms with Crippen molar-refractivity contribution in [3.63, 3.8) is 0 Å². The molecule has 0 atom stereocenters. The zero-order valence-corrected chi connectivity index (χ0v) is 12.5. The van der Waals surface area contributed by atoms with E-state index >= 15 is 0 Å². The molecule has 6 nitrogen and oxygen atoms in total. The van der Waals surface area contributed by atoms with Crippen LogP contribution in [0.25, 0.3) is 0 Å². The van der Waals surface area contributed by atoms with Crippen LogP contribution in [0.2, 0.25) is 0 Å². The Morgan fingerprint density at radius 2 is 2.19 bits per heavy atom. The first kappa shape index (κ1) is 15.5. The Morgan fingerprint density at radius 1 is 1.43 bits per heavy atom. The first-order valence-corrected chi connectivity index (χ1v) is 7.95. The van der Waals surface area contributed by atoms with Crippen LogP contribution in [-0.2, 0) is 14.8 Å². The third kappa shape index (κ3) is 3.42. The summed E-state index contributed by atoms with van der Waals surface area (Å²) < 4.78 is 26.5. The number of rotatable bonds is 2. The lowest BCUT2D eigenvalue weighted by molar-refractivity contribution is -0.122. The zero-order chi connectivity index (χ0) is 15.5. The first-order chi connectivity index (χ1) is 9.95. The fourth-order valence-electron chi connectivity index (χ4n) is 2.07. The minimum atomic E-state index is -3.70.